The third kappa shape index (κ3) is 7.97. The molecule has 0 bridgehead atoms. The van der Waals surface area contributed by atoms with Crippen LogP contribution in [0.15, 0.2) is 12.2 Å². The molecule has 3 atom stereocenters. The molecule has 1 aliphatic heterocycles. The molecule has 1 rings (SSSR count). The predicted octanol–water partition coefficient (Wildman–Crippen LogP) is 3.61. The van der Waals surface area contributed by atoms with Crippen molar-refractivity contribution in [2.24, 2.45) is 5.92 Å². The Hall–Kier alpha value is -1.94. The number of carboxylic acids is 1. The van der Waals surface area contributed by atoms with Crippen molar-refractivity contribution in [2.45, 2.75) is 83.3 Å². The number of aliphatic hydroxyl groups is 1. The van der Waals surface area contributed by atoms with Crippen molar-refractivity contribution in [1.82, 2.24) is 4.90 Å². The van der Waals surface area contributed by atoms with Crippen molar-refractivity contribution in [3.05, 3.63) is 12.2 Å². The van der Waals surface area contributed by atoms with Gasteiger partial charge >= 0.3 is 11.9 Å². The lowest BCUT2D eigenvalue weighted by Crippen LogP contribution is -2.36. The maximum atomic E-state index is 13.9. The van der Waals surface area contributed by atoms with Crippen molar-refractivity contribution in [3.8, 4) is 11.8 Å². The highest BCUT2D eigenvalue weighted by atomic mass is 19.3. The monoisotopic (exact) mass is 399 g/mol. The van der Waals surface area contributed by atoms with E-state index in [1.807, 2.05) is 13.8 Å². The Bertz CT molecular complexity index is 609. The number of alkyl halides is 2. The second kappa shape index (κ2) is 11.8. The molecule has 1 unspecified atom stereocenters. The molecule has 0 spiro atoms. The number of carbonyl (C=O) groups is 2. The summed E-state index contributed by atoms with van der Waals surface area (Å²) in [6.07, 6.45) is 5.36. The lowest BCUT2D eigenvalue weighted by molar-refractivity contribution is -0.148. The first kappa shape index (κ1) is 24.1. The molecule has 0 aromatic carbocycles. The van der Waals surface area contributed by atoms with Gasteiger partial charge < -0.3 is 15.1 Å². The van der Waals surface area contributed by atoms with E-state index in [1.54, 1.807) is 0 Å². The zero-order valence-corrected chi connectivity index (χ0v) is 16.7. The zero-order valence-electron chi connectivity index (χ0n) is 16.7. The number of halogens is 2. The summed E-state index contributed by atoms with van der Waals surface area (Å²) in [7, 11) is 0. The van der Waals surface area contributed by atoms with Crippen LogP contribution >= 0.6 is 0 Å². The number of amides is 1. The molecule has 2 N–H and O–H groups in total. The third-order valence-corrected chi connectivity index (χ3v) is 4.82. The van der Waals surface area contributed by atoms with Crippen LogP contribution in [0.25, 0.3) is 0 Å². The molecule has 0 radical (unpaired) electrons. The van der Waals surface area contributed by atoms with Crippen LogP contribution in [-0.2, 0) is 9.59 Å². The van der Waals surface area contributed by atoms with Crippen LogP contribution in [0.1, 0.15) is 65.2 Å². The van der Waals surface area contributed by atoms with Gasteiger partial charge in [0.15, 0.2) is 0 Å². The van der Waals surface area contributed by atoms with Crippen molar-refractivity contribution < 1.29 is 28.6 Å². The number of carboxylic acid groups (broad SMARTS) is 1. The highest BCUT2D eigenvalue weighted by molar-refractivity contribution is 5.86. The Balaban J connectivity index is 2.58. The summed E-state index contributed by atoms with van der Waals surface area (Å²) in [6, 6.07) is -0.745. The molecule has 0 saturated carbocycles. The minimum Gasteiger partial charge on any atom is -0.481 e. The normalized spacial score (nSPS) is 20.8. The third-order valence-electron chi connectivity index (χ3n) is 4.82. The molecule has 0 aromatic heterocycles. The molecule has 158 valence electrons. The van der Waals surface area contributed by atoms with Gasteiger partial charge in [-0.05, 0) is 18.8 Å². The molecule has 1 aliphatic rings. The smallest absolute Gasteiger partial charge is 0.327 e. The van der Waals surface area contributed by atoms with Gasteiger partial charge in [0.25, 0.3) is 5.91 Å². The first-order valence-corrected chi connectivity index (χ1v) is 9.91. The molecule has 0 aliphatic carbocycles. The molecule has 1 saturated heterocycles. The summed E-state index contributed by atoms with van der Waals surface area (Å²) in [5, 5.41) is 18.8. The summed E-state index contributed by atoms with van der Waals surface area (Å²) < 4.78 is 27.7. The van der Waals surface area contributed by atoms with E-state index in [1.165, 1.54) is 17.1 Å². The number of likely N-dealkylation sites (tertiary alicyclic amines) is 1. The number of carbonyl (C=O) groups excluding carboxylic acids is 1. The minimum absolute atomic E-state index is 0.0881. The maximum absolute atomic E-state index is 13.9. The van der Waals surface area contributed by atoms with Crippen LogP contribution in [0.3, 0.4) is 0 Å². The fourth-order valence-corrected chi connectivity index (χ4v) is 3.08. The first-order valence-electron chi connectivity index (χ1n) is 9.91. The van der Waals surface area contributed by atoms with Crippen LogP contribution in [0, 0.1) is 17.8 Å². The summed E-state index contributed by atoms with van der Waals surface area (Å²) in [6.45, 7) is 3.97. The fraction of sp³-hybridized carbons (Fsp3) is 0.714. The molecule has 0 aromatic rings. The van der Waals surface area contributed by atoms with Crippen LogP contribution in [-0.4, -0.2) is 51.6 Å². The molecule has 7 heteroatoms. The second-order valence-corrected chi connectivity index (χ2v) is 7.30. The number of hydrogen-bond donors (Lipinski definition) is 2. The quantitative estimate of drug-likeness (QED) is 0.316. The van der Waals surface area contributed by atoms with Crippen LogP contribution in [0.4, 0.5) is 8.78 Å². The van der Waals surface area contributed by atoms with Crippen LogP contribution in [0.5, 0.6) is 0 Å². The maximum Gasteiger partial charge on any atom is 0.327 e. The Labute approximate surface area is 165 Å². The van der Waals surface area contributed by atoms with Crippen molar-refractivity contribution in [1.29, 1.82) is 0 Å². The van der Waals surface area contributed by atoms with Gasteiger partial charge in [-0.15, -0.1) is 11.8 Å². The van der Waals surface area contributed by atoms with E-state index in [0.717, 1.165) is 6.42 Å². The van der Waals surface area contributed by atoms with Crippen LogP contribution < -0.4 is 0 Å². The fourth-order valence-electron chi connectivity index (χ4n) is 3.08. The molecular formula is C21H31F2NO4. The topological polar surface area (TPSA) is 77.8 Å². The highest BCUT2D eigenvalue weighted by Gasteiger charge is 2.52. The number of rotatable bonds is 11. The van der Waals surface area contributed by atoms with Gasteiger partial charge in [-0.2, -0.15) is 8.78 Å². The van der Waals surface area contributed by atoms with Crippen molar-refractivity contribution in [3.63, 3.8) is 0 Å². The van der Waals surface area contributed by atoms with Gasteiger partial charge in [-0.25, -0.2) is 0 Å². The van der Waals surface area contributed by atoms with Gasteiger partial charge in [-0.3, -0.25) is 9.59 Å². The molecule has 1 fully saturated rings. The number of nitrogens with zero attached hydrogens (tertiary/aromatic N) is 1. The van der Waals surface area contributed by atoms with E-state index >= 15 is 0 Å². The molecule has 1 amide bonds. The summed E-state index contributed by atoms with van der Waals surface area (Å²) in [4.78, 5) is 23.6. The van der Waals surface area contributed by atoms with Gasteiger partial charge in [0, 0.05) is 32.2 Å². The van der Waals surface area contributed by atoms with E-state index in [-0.39, 0.29) is 18.9 Å². The van der Waals surface area contributed by atoms with Gasteiger partial charge in [0.1, 0.15) is 0 Å². The summed E-state index contributed by atoms with van der Waals surface area (Å²) in [5.41, 5.74) is 0. The average molecular weight is 399 g/mol. The lowest BCUT2D eigenvalue weighted by Gasteiger charge is -2.22. The Kier molecular flexibility index (Phi) is 10.2. The van der Waals surface area contributed by atoms with Gasteiger partial charge in [-0.1, -0.05) is 38.8 Å². The van der Waals surface area contributed by atoms with Gasteiger partial charge in [0.2, 0.25) is 0 Å². The predicted molar refractivity (Wildman–Crippen MR) is 103 cm³/mol. The largest absolute Gasteiger partial charge is 0.481 e. The Morgan fingerprint density at radius 3 is 2.64 bits per heavy atom. The second-order valence-electron chi connectivity index (χ2n) is 7.30. The van der Waals surface area contributed by atoms with Crippen molar-refractivity contribution in [2.75, 3.05) is 6.54 Å². The number of aliphatic carboxylic acids is 1. The van der Waals surface area contributed by atoms with E-state index in [2.05, 4.69) is 11.8 Å². The number of unbranched alkanes of at least 4 members (excludes halogenated alkanes) is 3. The van der Waals surface area contributed by atoms with E-state index in [4.69, 9.17) is 5.11 Å². The zero-order chi connectivity index (χ0) is 21.2. The van der Waals surface area contributed by atoms with E-state index in [9.17, 15) is 23.5 Å². The molecular weight excluding hydrogens is 368 g/mol. The number of aliphatic hydroxyl groups excluding tert-OH is 1. The Morgan fingerprint density at radius 1 is 1.32 bits per heavy atom. The first-order chi connectivity index (χ1) is 13.2. The van der Waals surface area contributed by atoms with Crippen LogP contribution in [0.2, 0.25) is 0 Å². The number of hydrogen-bond acceptors (Lipinski definition) is 3. The van der Waals surface area contributed by atoms with E-state index < -0.39 is 36.4 Å². The summed E-state index contributed by atoms with van der Waals surface area (Å²) in [5.74, 6) is 0.341. The highest BCUT2D eigenvalue weighted by Crippen LogP contribution is 2.34. The standard InChI is InChI=1S/C21H31F2NO4/c1-3-4-7-10-16(2)18(25)13-12-17-15-21(22,23)20(28)24(17)14-9-6-5-8-11-19(26)27/h12-13,16-18,25H,3,5-6,8-11,14-15H2,1-2H3,(H,26,27)/t16-,17?,18+/m0/s1. The molecule has 5 nitrogen and oxygen atoms in total. The van der Waals surface area contributed by atoms with Gasteiger partial charge in [0.05, 0.1) is 12.1 Å². The minimum atomic E-state index is -3.39. The average Bonchev–Trinajstić information content (AvgIpc) is 2.85. The molecule has 28 heavy (non-hydrogen) atoms. The Morgan fingerprint density at radius 2 is 2.00 bits per heavy atom. The lowest BCUT2D eigenvalue weighted by atomic mass is 9.99. The SMILES string of the molecule is CCC#CC[C@H](C)[C@H](O)C=CC1CC(F)(F)C(=O)N1CCCCCCC(=O)O. The summed E-state index contributed by atoms with van der Waals surface area (Å²) >= 11 is 0. The molecule has 1 heterocycles. The van der Waals surface area contributed by atoms with Crippen molar-refractivity contribution >= 4 is 11.9 Å². The van der Waals surface area contributed by atoms with E-state index in [0.29, 0.717) is 32.1 Å².